The lowest BCUT2D eigenvalue weighted by Gasteiger charge is -2.26. The first-order valence-electron chi connectivity index (χ1n) is 7.34. The van der Waals surface area contributed by atoms with Crippen LogP contribution < -0.4 is 10.6 Å². The van der Waals surface area contributed by atoms with Crippen LogP contribution in [0, 0.1) is 11.8 Å². The SMILES string of the molecule is CC1CCCC(CCNC(=S)Nc2ccccc2)C1. The number of nitrogens with one attached hydrogen (secondary N) is 2. The molecule has 2 N–H and O–H groups in total. The van der Waals surface area contributed by atoms with E-state index in [0.29, 0.717) is 0 Å². The van der Waals surface area contributed by atoms with Gasteiger partial charge in [-0.1, -0.05) is 44.4 Å². The van der Waals surface area contributed by atoms with E-state index in [9.17, 15) is 0 Å². The first kappa shape index (κ1) is 14.3. The summed E-state index contributed by atoms with van der Waals surface area (Å²) in [6.45, 7) is 3.36. The Kier molecular flexibility index (Phi) is 5.64. The molecule has 3 heteroatoms. The number of hydrogen-bond donors (Lipinski definition) is 2. The molecule has 0 radical (unpaired) electrons. The van der Waals surface area contributed by atoms with Crippen LogP contribution in [0.15, 0.2) is 30.3 Å². The summed E-state index contributed by atoms with van der Waals surface area (Å²) < 4.78 is 0. The van der Waals surface area contributed by atoms with Crippen molar-refractivity contribution in [2.24, 2.45) is 11.8 Å². The molecule has 0 aliphatic heterocycles. The van der Waals surface area contributed by atoms with Crippen LogP contribution in [-0.4, -0.2) is 11.7 Å². The number of benzene rings is 1. The normalized spacial score (nSPS) is 22.8. The third kappa shape index (κ3) is 5.19. The predicted molar refractivity (Wildman–Crippen MR) is 86.4 cm³/mol. The van der Waals surface area contributed by atoms with Gasteiger partial charge in [-0.25, -0.2) is 0 Å². The standard InChI is InChI=1S/C16H24N2S/c1-13-6-5-7-14(12-13)10-11-17-16(19)18-15-8-3-2-4-9-15/h2-4,8-9,13-14H,5-7,10-12H2,1H3,(H2,17,18,19). The first-order valence-corrected chi connectivity index (χ1v) is 7.75. The van der Waals surface area contributed by atoms with E-state index in [1.807, 2.05) is 30.3 Å². The fourth-order valence-electron chi connectivity index (χ4n) is 2.91. The van der Waals surface area contributed by atoms with Crippen LogP contribution in [0.5, 0.6) is 0 Å². The lowest BCUT2D eigenvalue weighted by atomic mass is 9.81. The molecule has 1 fully saturated rings. The van der Waals surface area contributed by atoms with E-state index in [0.717, 1.165) is 29.2 Å². The quantitative estimate of drug-likeness (QED) is 0.806. The van der Waals surface area contributed by atoms with E-state index >= 15 is 0 Å². The molecule has 0 bridgehead atoms. The number of para-hydroxylation sites is 1. The second-order valence-corrected chi connectivity index (χ2v) is 6.08. The summed E-state index contributed by atoms with van der Waals surface area (Å²) in [5.74, 6) is 1.80. The molecular weight excluding hydrogens is 252 g/mol. The molecule has 1 saturated carbocycles. The largest absolute Gasteiger partial charge is 0.362 e. The predicted octanol–water partition coefficient (Wildman–Crippen LogP) is 4.19. The highest BCUT2D eigenvalue weighted by atomic mass is 32.1. The van der Waals surface area contributed by atoms with Crippen LogP contribution >= 0.6 is 12.2 Å². The Balaban J connectivity index is 1.64. The topological polar surface area (TPSA) is 24.1 Å². The molecule has 104 valence electrons. The van der Waals surface area contributed by atoms with Gasteiger partial charge in [-0.2, -0.15) is 0 Å². The van der Waals surface area contributed by atoms with Crippen LogP contribution in [-0.2, 0) is 0 Å². The fraction of sp³-hybridized carbons (Fsp3) is 0.562. The third-order valence-electron chi connectivity index (χ3n) is 3.91. The van der Waals surface area contributed by atoms with Crippen LogP contribution in [0.3, 0.4) is 0 Å². The summed E-state index contributed by atoms with van der Waals surface area (Å²) in [6, 6.07) is 10.1. The Labute approximate surface area is 122 Å². The van der Waals surface area contributed by atoms with Crippen molar-refractivity contribution in [3.8, 4) is 0 Å². The Hall–Kier alpha value is -1.09. The van der Waals surface area contributed by atoms with Crippen LogP contribution in [0.4, 0.5) is 5.69 Å². The molecule has 19 heavy (non-hydrogen) atoms. The molecule has 1 aromatic carbocycles. The fourth-order valence-corrected chi connectivity index (χ4v) is 3.13. The van der Waals surface area contributed by atoms with Gasteiger partial charge in [0, 0.05) is 12.2 Å². The minimum absolute atomic E-state index is 0.732. The lowest BCUT2D eigenvalue weighted by molar-refractivity contribution is 0.270. The number of anilines is 1. The zero-order valence-electron chi connectivity index (χ0n) is 11.7. The summed E-state index contributed by atoms with van der Waals surface area (Å²) in [7, 11) is 0. The highest BCUT2D eigenvalue weighted by molar-refractivity contribution is 7.80. The molecule has 2 nitrogen and oxygen atoms in total. The van der Waals surface area contributed by atoms with E-state index in [1.54, 1.807) is 0 Å². The Morgan fingerprint density at radius 2 is 2.05 bits per heavy atom. The monoisotopic (exact) mass is 276 g/mol. The molecule has 1 aromatic rings. The van der Waals surface area contributed by atoms with Crippen molar-refractivity contribution in [2.75, 3.05) is 11.9 Å². The highest BCUT2D eigenvalue weighted by Crippen LogP contribution is 2.30. The number of hydrogen-bond acceptors (Lipinski definition) is 1. The maximum atomic E-state index is 5.30. The summed E-state index contributed by atoms with van der Waals surface area (Å²) in [5.41, 5.74) is 1.05. The van der Waals surface area contributed by atoms with Crippen molar-refractivity contribution in [2.45, 2.75) is 39.0 Å². The molecule has 0 aromatic heterocycles. The molecule has 1 aliphatic rings. The first-order chi connectivity index (χ1) is 9.24. The smallest absolute Gasteiger partial charge is 0.170 e. The maximum Gasteiger partial charge on any atom is 0.170 e. The summed E-state index contributed by atoms with van der Waals surface area (Å²) in [5, 5.41) is 7.25. The van der Waals surface area contributed by atoms with Crippen LogP contribution in [0.1, 0.15) is 39.0 Å². The minimum Gasteiger partial charge on any atom is -0.362 e. The average Bonchev–Trinajstić information content (AvgIpc) is 2.40. The second-order valence-electron chi connectivity index (χ2n) is 5.67. The summed E-state index contributed by atoms with van der Waals surface area (Å²) >= 11 is 5.30. The number of rotatable bonds is 4. The molecule has 0 heterocycles. The van der Waals surface area contributed by atoms with Crippen LogP contribution in [0.25, 0.3) is 0 Å². The molecule has 0 spiro atoms. The van der Waals surface area contributed by atoms with Crippen molar-refractivity contribution < 1.29 is 0 Å². The van der Waals surface area contributed by atoms with E-state index in [2.05, 4.69) is 17.6 Å². The van der Waals surface area contributed by atoms with Gasteiger partial charge in [0.2, 0.25) is 0 Å². The minimum atomic E-state index is 0.732. The third-order valence-corrected chi connectivity index (χ3v) is 4.16. The Bertz CT molecular complexity index is 391. The van der Waals surface area contributed by atoms with Crippen molar-refractivity contribution in [3.05, 3.63) is 30.3 Å². The van der Waals surface area contributed by atoms with Gasteiger partial charge >= 0.3 is 0 Å². The molecule has 0 saturated heterocycles. The molecule has 0 amide bonds. The van der Waals surface area contributed by atoms with E-state index < -0.39 is 0 Å². The second kappa shape index (κ2) is 7.49. The molecule has 1 aliphatic carbocycles. The summed E-state index contributed by atoms with van der Waals surface area (Å²) in [6.07, 6.45) is 6.84. The number of thiocarbonyl (C=S) groups is 1. The lowest BCUT2D eigenvalue weighted by Crippen LogP contribution is -2.30. The zero-order chi connectivity index (χ0) is 13.5. The van der Waals surface area contributed by atoms with Gasteiger partial charge < -0.3 is 10.6 Å². The average molecular weight is 276 g/mol. The summed E-state index contributed by atoms with van der Waals surface area (Å²) in [4.78, 5) is 0. The van der Waals surface area contributed by atoms with Crippen molar-refractivity contribution in [1.29, 1.82) is 0 Å². The van der Waals surface area contributed by atoms with Gasteiger partial charge in [0.05, 0.1) is 0 Å². The molecule has 2 rings (SSSR count). The van der Waals surface area contributed by atoms with E-state index in [4.69, 9.17) is 12.2 Å². The Morgan fingerprint density at radius 3 is 2.79 bits per heavy atom. The van der Waals surface area contributed by atoms with E-state index in [-0.39, 0.29) is 0 Å². The van der Waals surface area contributed by atoms with Gasteiger partial charge in [0.1, 0.15) is 0 Å². The van der Waals surface area contributed by atoms with Gasteiger partial charge in [-0.15, -0.1) is 0 Å². The molecule has 2 unspecified atom stereocenters. The molecule has 2 atom stereocenters. The molecular formula is C16H24N2S. The zero-order valence-corrected chi connectivity index (χ0v) is 12.5. The maximum absolute atomic E-state index is 5.30. The van der Waals surface area contributed by atoms with Crippen molar-refractivity contribution in [3.63, 3.8) is 0 Å². The van der Waals surface area contributed by atoms with Crippen molar-refractivity contribution in [1.82, 2.24) is 5.32 Å². The van der Waals surface area contributed by atoms with E-state index in [1.165, 1.54) is 32.1 Å². The van der Waals surface area contributed by atoms with Gasteiger partial charge in [-0.05, 0) is 49.0 Å². The highest BCUT2D eigenvalue weighted by Gasteiger charge is 2.18. The Morgan fingerprint density at radius 1 is 1.26 bits per heavy atom. The van der Waals surface area contributed by atoms with Gasteiger partial charge in [0.25, 0.3) is 0 Å². The van der Waals surface area contributed by atoms with Gasteiger partial charge in [-0.3, -0.25) is 0 Å². The van der Waals surface area contributed by atoms with Crippen molar-refractivity contribution >= 4 is 23.0 Å². The van der Waals surface area contributed by atoms with Crippen LogP contribution in [0.2, 0.25) is 0 Å². The van der Waals surface area contributed by atoms with Gasteiger partial charge in [0.15, 0.2) is 5.11 Å².